The minimum atomic E-state index is -0.535. The number of nitrogens with one attached hydrogen (secondary N) is 2. The number of hydrogen-bond acceptors (Lipinski definition) is 3. The zero-order chi connectivity index (χ0) is 12.8. The lowest BCUT2D eigenvalue weighted by Gasteiger charge is -2.11. The van der Waals surface area contributed by atoms with Crippen molar-refractivity contribution in [3.8, 4) is 0 Å². The van der Waals surface area contributed by atoms with Gasteiger partial charge in [-0.1, -0.05) is 26.0 Å². The van der Waals surface area contributed by atoms with Crippen molar-refractivity contribution in [3.05, 3.63) is 29.8 Å². The lowest BCUT2D eigenvalue weighted by Crippen LogP contribution is -2.20. The number of carbonyl (C=O) groups is 1. The van der Waals surface area contributed by atoms with Crippen molar-refractivity contribution < 1.29 is 9.53 Å². The maximum absolute atomic E-state index is 11.4. The van der Waals surface area contributed by atoms with Crippen molar-refractivity contribution >= 4 is 17.6 Å². The first-order valence-electron chi connectivity index (χ1n) is 5.38. The number of hydrogen-bond donors (Lipinski definition) is 3. The molecule has 4 N–H and O–H groups in total. The average Bonchev–Trinajstić information content (AvgIpc) is 2.27. The molecule has 0 heterocycles. The molecule has 92 valence electrons. The van der Waals surface area contributed by atoms with Crippen molar-refractivity contribution in [2.24, 2.45) is 11.7 Å². The molecule has 0 aliphatic rings. The van der Waals surface area contributed by atoms with E-state index in [1.165, 1.54) is 0 Å². The normalized spacial score (nSPS) is 10.1. The highest BCUT2D eigenvalue weighted by molar-refractivity contribution is 6.03. The first-order chi connectivity index (χ1) is 8.00. The zero-order valence-electron chi connectivity index (χ0n) is 9.99. The quantitative estimate of drug-likeness (QED) is 0.552. The fraction of sp³-hybridized carbons (Fsp3) is 0.333. The van der Waals surface area contributed by atoms with E-state index in [1.54, 1.807) is 24.3 Å². The molecule has 5 heteroatoms. The topological polar surface area (TPSA) is 88.2 Å². The number of benzene rings is 1. The van der Waals surface area contributed by atoms with Gasteiger partial charge in [-0.05, 0) is 18.1 Å². The van der Waals surface area contributed by atoms with E-state index < -0.39 is 6.09 Å². The van der Waals surface area contributed by atoms with Gasteiger partial charge in [0.2, 0.25) is 0 Å². The number of nitrogens with two attached hydrogens (primary N) is 1. The van der Waals surface area contributed by atoms with Gasteiger partial charge in [0, 0.05) is 5.56 Å². The second-order valence-corrected chi connectivity index (χ2v) is 4.08. The van der Waals surface area contributed by atoms with Crippen LogP contribution in [-0.2, 0) is 4.74 Å². The summed E-state index contributed by atoms with van der Waals surface area (Å²) in [6, 6.07) is 6.85. The van der Waals surface area contributed by atoms with Crippen LogP contribution in [0.15, 0.2) is 24.3 Å². The molecule has 0 saturated heterocycles. The van der Waals surface area contributed by atoms with Gasteiger partial charge in [0.25, 0.3) is 0 Å². The molecule has 5 nitrogen and oxygen atoms in total. The van der Waals surface area contributed by atoms with E-state index in [0.29, 0.717) is 17.9 Å². The molecule has 0 radical (unpaired) electrons. The van der Waals surface area contributed by atoms with Gasteiger partial charge in [0.15, 0.2) is 0 Å². The first kappa shape index (κ1) is 13.0. The van der Waals surface area contributed by atoms with E-state index in [4.69, 9.17) is 15.9 Å². The van der Waals surface area contributed by atoms with Gasteiger partial charge < -0.3 is 10.5 Å². The fourth-order valence-electron chi connectivity index (χ4n) is 1.22. The lowest BCUT2D eigenvalue weighted by molar-refractivity contribution is 0.147. The molecule has 0 aliphatic heterocycles. The fourth-order valence-corrected chi connectivity index (χ4v) is 1.22. The predicted octanol–water partition coefficient (Wildman–Crippen LogP) is 2.18. The molecule has 0 atom stereocenters. The van der Waals surface area contributed by atoms with Crippen molar-refractivity contribution in [2.75, 3.05) is 11.9 Å². The molecule has 0 aliphatic carbocycles. The Morgan fingerprint density at radius 2 is 2.12 bits per heavy atom. The summed E-state index contributed by atoms with van der Waals surface area (Å²) in [5.41, 5.74) is 6.36. The van der Waals surface area contributed by atoms with Crippen molar-refractivity contribution in [2.45, 2.75) is 13.8 Å². The van der Waals surface area contributed by atoms with Gasteiger partial charge in [-0.15, -0.1) is 0 Å². The van der Waals surface area contributed by atoms with Crippen LogP contribution in [0.5, 0.6) is 0 Å². The zero-order valence-corrected chi connectivity index (χ0v) is 9.99. The van der Waals surface area contributed by atoms with E-state index in [0.717, 1.165) is 0 Å². The molecule has 0 fully saturated rings. The summed E-state index contributed by atoms with van der Waals surface area (Å²) in [5, 5.41) is 9.94. The number of amidine groups is 1. The van der Waals surface area contributed by atoms with Crippen molar-refractivity contribution in [1.29, 1.82) is 5.41 Å². The van der Waals surface area contributed by atoms with Crippen LogP contribution in [0.3, 0.4) is 0 Å². The number of ether oxygens (including phenoxy) is 1. The summed E-state index contributed by atoms with van der Waals surface area (Å²) in [6.07, 6.45) is -0.535. The first-order valence-corrected chi connectivity index (χ1v) is 5.38. The summed E-state index contributed by atoms with van der Waals surface area (Å²) >= 11 is 0. The highest BCUT2D eigenvalue weighted by atomic mass is 16.5. The number of anilines is 1. The molecular weight excluding hydrogens is 218 g/mol. The van der Waals surface area contributed by atoms with Gasteiger partial charge >= 0.3 is 6.09 Å². The summed E-state index contributed by atoms with van der Waals surface area (Å²) in [6.45, 7) is 4.27. The monoisotopic (exact) mass is 235 g/mol. The average molecular weight is 235 g/mol. The SMILES string of the molecule is CC(C)COC(=O)Nc1ccccc1C(=N)N. The molecule has 0 saturated carbocycles. The van der Waals surface area contributed by atoms with Crippen molar-refractivity contribution in [3.63, 3.8) is 0 Å². The number of para-hydroxylation sites is 1. The summed E-state index contributed by atoms with van der Waals surface area (Å²) in [5.74, 6) is 0.188. The van der Waals surface area contributed by atoms with Crippen molar-refractivity contribution in [1.82, 2.24) is 0 Å². The number of carbonyl (C=O) groups excluding carboxylic acids is 1. The Balaban J connectivity index is 2.68. The Labute approximate surface area is 100 Å². The number of amides is 1. The molecule has 1 rings (SSSR count). The highest BCUT2D eigenvalue weighted by Gasteiger charge is 2.09. The molecule has 0 unspecified atom stereocenters. The largest absolute Gasteiger partial charge is 0.449 e. The molecule has 17 heavy (non-hydrogen) atoms. The van der Waals surface area contributed by atoms with Crippen LogP contribution in [0.25, 0.3) is 0 Å². The Hall–Kier alpha value is -2.04. The van der Waals surface area contributed by atoms with Crippen LogP contribution in [0.4, 0.5) is 10.5 Å². The Bertz CT molecular complexity index is 416. The minimum Gasteiger partial charge on any atom is -0.449 e. The van der Waals surface area contributed by atoms with E-state index in [2.05, 4.69) is 5.32 Å². The summed E-state index contributed by atoms with van der Waals surface area (Å²) in [7, 11) is 0. The van der Waals surface area contributed by atoms with E-state index >= 15 is 0 Å². The summed E-state index contributed by atoms with van der Waals surface area (Å²) in [4.78, 5) is 11.4. The van der Waals surface area contributed by atoms with Gasteiger partial charge in [-0.25, -0.2) is 4.79 Å². The Morgan fingerprint density at radius 3 is 2.71 bits per heavy atom. The van der Waals surface area contributed by atoms with Crippen LogP contribution < -0.4 is 11.1 Å². The van der Waals surface area contributed by atoms with E-state index in [-0.39, 0.29) is 11.8 Å². The Morgan fingerprint density at radius 1 is 1.47 bits per heavy atom. The predicted molar refractivity (Wildman–Crippen MR) is 67.3 cm³/mol. The molecule has 1 aromatic carbocycles. The van der Waals surface area contributed by atoms with Gasteiger partial charge in [-0.3, -0.25) is 10.7 Å². The number of nitrogen functional groups attached to an aromatic ring is 1. The maximum Gasteiger partial charge on any atom is 0.411 e. The minimum absolute atomic E-state index is 0.0928. The third-order valence-electron chi connectivity index (χ3n) is 2.00. The maximum atomic E-state index is 11.4. The van der Waals surface area contributed by atoms with Crippen LogP contribution in [0, 0.1) is 11.3 Å². The number of rotatable bonds is 4. The Kier molecular flexibility index (Phi) is 4.51. The van der Waals surface area contributed by atoms with Gasteiger partial charge in [0.05, 0.1) is 12.3 Å². The smallest absolute Gasteiger partial charge is 0.411 e. The third kappa shape index (κ3) is 4.14. The van der Waals surface area contributed by atoms with Crippen LogP contribution >= 0.6 is 0 Å². The van der Waals surface area contributed by atoms with Gasteiger partial charge in [0.1, 0.15) is 5.84 Å². The standard InChI is InChI=1S/C12H17N3O2/c1-8(2)7-17-12(16)15-10-6-4-3-5-9(10)11(13)14/h3-6,8H,7H2,1-2H3,(H3,13,14)(H,15,16). The second kappa shape index (κ2) is 5.89. The molecule has 0 spiro atoms. The van der Waals surface area contributed by atoms with Crippen LogP contribution in [-0.4, -0.2) is 18.5 Å². The molecule has 1 aromatic rings. The van der Waals surface area contributed by atoms with E-state index in [1.807, 2.05) is 13.8 Å². The molecular formula is C12H17N3O2. The lowest BCUT2D eigenvalue weighted by atomic mass is 10.1. The molecule has 0 aromatic heterocycles. The molecule has 1 amide bonds. The van der Waals surface area contributed by atoms with Gasteiger partial charge in [-0.2, -0.15) is 0 Å². The third-order valence-corrected chi connectivity index (χ3v) is 2.00. The molecule has 0 bridgehead atoms. The second-order valence-electron chi connectivity index (χ2n) is 4.08. The van der Waals surface area contributed by atoms with E-state index in [9.17, 15) is 4.79 Å². The summed E-state index contributed by atoms with van der Waals surface area (Å²) < 4.78 is 4.98. The van der Waals surface area contributed by atoms with Crippen LogP contribution in [0.1, 0.15) is 19.4 Å². The van der Waals surface area contributed by atoms with Crippen LogP contribution in [0.2, 0.25) is 0 Å². The highest BCUT2D eigenvalue weighted by Crippen LogP contribution is 2.14.